The zero-order valence-electron chi connectivity index (χ0n) is 11.5. The molecule has 1 aliphatic heterocycles. The number of morpholine rings is 1. The molecule has 5 nitrogen and oxygen atoms in total. The van der Waals surface area contributed by atoms with Gasteiger partial charge in [-0.1, -0.05) is 6.07 Å². The Bertz CT molecular complexity index is 584. The van der Waals surface area contributed by atoms with Crippen molar-refractivity contribution in [3.63, 3.8) is 0 Å². The molecule has 0 radical (unpaired) electrons. The van der Waals surface area contributed by atoms with Crippen LogP contribution in [0.2, 0.25) is 0 Å². The van der Waals surface area contributed by atoms with Gasteiger partial charge in [-0.15, -0.1) is 0 Å². The molecule has 1 aromatic carbocycles. The topological polar surface area (TPSA) is 72.6 Å². The summed E-state index contributed by atoms with van der Waals surface area (Å²) in [4.78, 5) is 0.334. The smallest absolute Gasteiger partial charge is 0.244 e. The van der Waals surface area contributed by atoms with Crippen molar-refractivity contribution in [1.82, 2.24) is 4.31 Å². The summed E-state index contributed by atoms with van der Waals surface area (Å²) in [6.07, 6.45) is 0. The van der Waals surface area contributed by atoms with Crippen LogP contribution in [0.4, 0.5) is 5.69 Å². The van der Waals surface area contributed by atoms with Crippen LogP contribution in [0.25, 0.3) is 0 Å². The number of benzene rings is 1. The van der Waals surface area contributed by atoms with E-state index in [0.717, 1.165) is 5.56 Å². The first kappa shape index (κ1) is 14.3. The lowest BCUT2D eigenvalue weighted by Gasteiger charge is -2.33. The highest BCUT2D eigenvalue weighted by molar-refractivity contribution is 7.89. The fourth-order valence-electron chi connectivity index (χ4n) is 2.43. The van der Waals surface area contributed by atoms with E-state index in [-0.39, 0.29) is 6.04 Å². The van der Waals surface area contributed by atoms with Crippen LogP contribution in [0.1, 0.15) is 18.1 Å². The number of nitrogens with zero attached hydrogens (tertiary/aromatic N) is 1. The molecule has 106 valence electrons. The highest BCUT2D eigenvalue weighted by atomic mass is 32.2. The fourth-order valence-corrected chi connectivity index (χ4v) is 4.49. The van der Waals surface area contributed by atoms with E-state index in [4.69, 9.17) is 10.5 Å². The number of nitrogens with two attached hydrogens (primary N) is 1. The van der Waals surface area contributed by atoms with Crippen molar-refractivity contribution in [3.05, 3.63) is 23.3 Å². The zero-order chi connectivity index (χ0) is 14.2. The summed E-state index contributed by atoms with van der Waals surface area (Å²) in [6, 6.07) is 3.34. The maximum Gasteiger partial charge on any atom is 0.244 e. The summed E-state index contributed by atoms with van der Waals surface area (Å²) in [5, 5.41) is 0. The van der Waals surface area contributed by atoms with Gasteiger partial charge in [-0.25, -0.2) is 8.42 Å². The lowest BCUT2D eigenvalue weighted by Crippen LogP contribution is -2.47. The van der Waals surface area contributed by atoms with Gasteiger partial charge in [-0.2, -0.15) is 4.31 Å². The molecule has 2 rings (SSSR count). The first-order valence-electron chi connectivity index (χ1n) is 6.31. The molecule has 0 aromatic heterocycles. The molecular formula is C13H20N2O3S. The van der Waals surface area contributed by atoms with Gasteiger partial charge >= 0.3 is 0 Å². The van der Waals surface area contributed by atoms with Crippen LogP contribution in [-0.2, 0) is 14.8 Å². The molecule has 1 heterocycles. The number of ether oxygens (including phenoxy) is 1. The van der Waals surface area contributed by atoms with Crippen molar-refractivity contribution in [2.75, 3.05) is 25.5 Å². The van der Waals surface area contributed by atoms with Crippen LogP contribution in [0.15, 0.2) is 17.0 Å². The normalized spacial score (nSPS) is 21.5. The molecule has 1 aromatic rings. The number of nitrogen functional groups attached to an aromatic ring is 1. The first-order valence-corrected chi connectivity index (χ1v) is 7.75. The van der Waals surface area contributed by atoms with E-state index in [9.17, 15) is 8.42 Å². The van der Waals surface area contributed by atoms with Gasteiger partial charge in [0.25, 0.3) is 0 Å². The molecule has 1 aliphatic rings. The monoisotopic (exact) mass is 284 g/mol. The van der Waals surface area contributed by atoms with Crippen molar-refractivity contribution in [1.29, 1.82) is 0 Å². The van der Waals surface area contributed by atoms with E-state index in [1.54, 1.807) is 26.0 Å². The van der Waals surface area contributed by atoms with Gasteiger partial charge in [0, 0.05) is 18.3 Å². The molecule has 0 spiro atoms. The Labute approximate surface area is 114 Å². The summed E-state index contributed by atoms with van der Waals surface area (Å²) in [7, 11) is -3.52. The van der Waals surface area contributed by atoms with E-state index in [1.807, 2.05) is 6.92 Å². The lowest BCUT2D eigenvalue weighted by molar-refractivity contribution is 0.0392. The van der Waals surface area contributed by atoms with Crippen LogP contribution in [0.5, 0.6) is 0 Å². The van der Waals surface area contributed by atoms with Crippen molar-refractivity contribution < 1.29 is 13.2 Å². The third-order valence-corrected chi connectivity index (χ3v) is 5.82. The average Bonchev–Trinajstić information content (AvgIpc) is 2.34. The molecule has 2 N–H and O–H groups in total. The third kappa shape index (κ3) is 2.48. The maximum absolute atomic E-state index is 12.8. The summed E-state index contributed by atoms with van der Waals surface area (Å²) < 4.78 is 32.4. The van der Waals surface area contributed by atoms with Gasteiger partial charge in [-0.3, -0.25) is 0 Å². The van der Waals surface area contributed by atoms with Crippen LogP contribution >= 0.6 is 0 Å². The molecule has 0 amide bonds. The minimum absolute atomic E-state index is 0.154. The van der Waals surface area contributed by atoms with Gasteiger partial charge in [0.1, 0.15) is 0 Å². The number of rotatable bonds is 2. The minimum atomic E-state index is -3.52. The Kier molecular flexibility index (Phi) is 3.85. The second-order valence-corrected chi connectivity index (χ2v) is 6.79. The molecule has 6 heteroatoms. The largest absolute Gasteiger partial charge is 0.398 e. The van der Waals surface area contributed by atoms with Crippen LogP contribution < -0.4 is 5.73 Å². The molecule has 0 saturated carbocycles. The van der Waals surface area contributed by atoms with Crippen LogP contribution in [0.3, 0.4) is 0 Å². The van der Waals surface area contributed by atoms with Crippen molar-refractivity contribution >= 4 is 15.7 Å². The predicted octanol–water partition coefficient (Wildman–Crippen LogP) is 1.30. The van der Waals surface area contributed by atoms with Crippen molar-refractivity contribution in [3.8, 4) is 0 Å². The van der Waals surface area contributed by atoms with Gasteiger partial charge in [0.05, 0.1) is 18.1 Å². The molecule has 1 saturated heterocycles. The first-order chi connectivity index (χ1) is 8.85. The molecule has 1 unspecified atom stereocenters. The highest BCUT2D eigenvalue weighted by Crippen LogP contribution is 2.29. The number of hydrogen-bond acceptors (Lipinski definition) is 4. The second kappa shape index (κ2) is 5.11. The Balaban J connectivity index is 2.53. The Morgan fingerprint density at radius 1 is 1.37 bits per heavy atom. The van der Waals surface area contributed by atoms with E-state index < -0.39 is 10.0 Å². The summed E-state index contributed by atoms with van der Waals surface area (Å²) in [5.41, 5.74) is 7.70. The van der Waals surface area contributed by atoms with E-state index in [0.29, 0.717) is 35.9 Å². The second-order valence-electron chi connectivity index (χ2n) is 4.97. The minimum Gasteiger partial charge on any atom is -0.398 e. The molecule has 0 bridgehead atoms. The van der Waals surface area contributed by atoms with Crippen molar-refractivity contribution in [2.45, 2.75) is 31.7 Å². The molecule has 19 heavy (non-hydrogen) atoms. The Hall–Kier alpha value is -1.11. The molecule has 1 fully saturated rings. The molecular weight excluding hydrogens is 264 g/mol. The van der Waals surface area contributed by atoms with Crippen LogP contribution in [-0.4, -0.2) is 38.5 Å². The number of anilines is 1. The summed E-state index contributed by atoms with van der Waals surface area (Å²) in [6.45, 7) is 6.65. The maximum atomic E-state index is 12.8. The zero-order valence-corrected chi connectivity index (χ0v) is 12.3. The van der Waals surface area contributed by atoms with E-state index in [1.165, 1.54) is 4.31 Å². The number of aryl methyl sites for hydroxylation is 1. The molecule has 0 aliphatic carbocycles. The van der Waals surface area contributed by atoms with Gasteiger partial charge < -0.3 is 10.5 Å². The summed E-state index contributed by atoms with van der Waals surface area (Å²) in [5.74, 6) is 0. The van der Waals surface area contributed by atoms with Crippen LogP contribution in [0, 0.1) is 13.8 Å². The third-order valence-electron chi connectivity index (χ3n) is 3.52. The molecule has 1 atom stereocenters. The lowest BCUT2D eigenvalue weighted by atomic mass is 10.1. The predicted molar refractivity (Wildman–Crippen MR) is 74.5 cm³/mol. The van der Waals surface area contributed by atoms with E-state index >= 15 is 0 Å². The fraction of sp³-hybridized carbons (Fsp3) is 0.538. The highest BCUT2D eigenvalue weighted by Gasteiger charge is 2.33. The Morgan fingerprint density at radius 2 is 2.05 bits per heavy atom. The number of sulfonamides is 1. The van der Waals surface area contributed by atoms with Gasteiger partial charge in [-0.05, 0) is 38.0 Å². The van der Waals surface area contributed by atoms with Gasteiger partial charge in [0.2, 0.25) is 10.0 Å². The quantitative estimate of drug-likeness (QED) is 0.831. The van der Waals surface area contributed by atoms with Gasteiger partial charge in [0.15, 0.2) is 0 Å². The van der Waals surface area contributed by atoms with E-state index in [2.05, 4.69) is 0 Å². The SMILES string of the molecule is Cc1ccc(N)c(C)c1S(=O)(=O)N1CCOCC1C. The van der Waals surface area contributed by atoms with Crippen molar-refractivity contribution in [2.24, 2.45) is 0 Å². The standard InChI is InChI=1S/C13H20N2O3S/c1-9-4-5-12(14)11(3)13(9)19(16,17)15-6-7-18-8-10(15)2/h4-5,10H,6-8,14H2,1-3H3. The number of hydrogen-bond donors (Lipinski definition) is 1. The Morgan fingerprint density at radius 3 is 2.68 bits per heavy atom. The summed E-state index contributed by atoms with van der Waals surface area (Å²) >= 11 is 0. The average molecular weight is 284 g/mol.